The second kappa shape index (κ2) is 7.04. The highest BCUT2D eigenvalue weighted by Gasteiger charge is 2.22. The molecule has 1 heterocycles. The molecule has 1 aromatic rings. The average molecular weight is 293 g/mol. The van der Waals surface area contributed by atoms with Crippen LogP contribution in [0.2, 0.25) is 0 Å². The minimum absolute atomic E-state index is 0.693. The van der Waals surface area contributed by atoms with E-state index in [0.29, 0.717) is 6.04 Å². The molecule has 4 heteroatoms. The van der Waals surface area contributed by atoms with Crippen LogP contribution in [0.3, 0.4) is 0 Å². The van der Waals surface area contributed by atoms with Gasteiger partial charge in [0.15, 0.2) is 0 Å². The first-order valence-corrected chi connectivity index (χ1v) is 8.06. The molecule has 0 spiro atoms. The van der Waals surface area contributed by atoms with Crippen molar-refractivity contribution in [1.29, 1.82) is 0 Å². The summed E-state index contributed by atoms with van der Waals surface area (Å²) in [5.74, 6) is -0.0538. The van der Waals surface area contributed by atoms with Gasteiger partial charge in [0.1, 0.15) is 0 Å². The Hall–Kier alpha value is -1.13. The van der Waals surface area contributed by atoms with Gasteiger partial charge in [-0.2, -0.15) is 0 Å². The van der Waals surface area contributed by atoms with E-state index in [1.807, 2.05) is 6.07 Å². The maximum absolute atomic E-state index is 10.5. The molecule has 0 bridgehead atoms. The Morgan fingerprint density at radius 2 is 2.30 bits per heavy atom. The smallest absolute Gasteiger partial charge is 0.328 e. The summed E-state index contributed by atoms with van der Waals surface area (Å²) in [4.78, 5) is 15.3. The highest BCUT2D eigenvalue weighted by atomic mass is 32.1. The Kier molecular flexibility index (Phi) is 5.38. The third-order valence-electron chi connectivity index (χ3n) is 4.01. The van der Waals surface area contributed by atoms with Gasteiger partial charge in [-0.3, -0.25) is 4.90 Å². The summed E-state index contributed by atoms with van der Waals surface area (Å²) < 4.78 is 0. The fourth-order valence-electron chi connectivity index (χ4n) is 2.90. The number of hydrogen-bond acceptors (Lipinski definition) is 3. The van der Waals surface area contributed by atoms with Crippen molar-refractivity contribution in [3.8, 4) is 0 Å². The van der Waals surface area contributed by atoms with Crippen LogP contribution in [-0.4, -0.2) is 29.1 Å². The van der Waals surface area contributed by atoms with Gasteiger partial charge < -0.3 is 5.11 Å². The Balaban J connectivity index is 1.91. The summed E-state index contributed by atoms with van der Waals surface area (Å²) in [6, 6.07) is 4.80. The molecule has 1 saturated carbocycles. The van der Waals surface area contributed by atoms with Crippen molar-refractivity contribution in [2.24, 2.45) is 5.92 Å². The summed E-state index contributed by atoms with van der Waals surface area (Å²) in [6.07, 6.45) is 8.17. The third kappa shape index (κ3) is 4.46. The number of nitrogens with zero attached hydrogens (tertiary/aromatic N) is 1. The van der Waals surface area contributed by atoms with Crippen LogP contribution >= 0.6 is 11.3 Å². The second-order valence-electron chi connectivity index (χ2n) is 5.82. The molecule has 110 valence electrons. The second-order valence-corrected chi connectivity index (χ2v) is 7.02. The van der Waals surface area contributed by atoms with E-state index in [9.17, 15) is 4.79 Å². The van der Waals surface area contributed by atoms with Crippen LogP contribution in [0.15, 0.2) is 18.2 Å². The van der Waals surface area contributed by atoms with Crippen molar-refractivity contribution < 1.29 is 9.90 Å². The van der Waals surface area contributed by atoms with E-state index < -0.39 is 5.97 Å². The van der Waals surface area contributed by atoms with Crippen molar-refractivity contribution in [2.75, 3.05) is 7.05 Å². The minimum Gasteiger partial charge on any atom is -0.478 e. The van der Waals surface area contributed by atoms with Gasteiger partial charge in [0.25, 0.3) is 0 Å². The molecule has 20 heavy (non-hydrogen) atoms. The molecule has 2 rings (SSSR count). The summed E-state index contributed by atoms with van der Waals surface area (Å²) in [5, 5.41) is 8.63. The zero-order chi connectivity index (χ0) is 14.5. The number of aliphatic carboxylic acids is 1. The van der Waals surface area contributed by atoms with E-state index in [1.165, 1.54) is 36.6 Å². The van der Waals surface area contributed by atoms with Gasteiger partial charge >= 0.3 is 5.97 Å². The van der Waals surface area contributed by atoms with E-state index >= 15 is 0 Å². The van der Waals surface area contributed by atoms with Gasteiger partial charge in [0, 0.05) is 28.4 Å². The predicted molar refractivity (Wildman–Crippen MR) is 83.9 cm³/mol. The number of carboxylic acids is 1. The van der Waals surface area contributed by atoms with Gasteiger partial charge in [-0.25, -0.2) is 4.79 Å². The molecular weight excluding hydrogens is 270 g/mol. The van der Waals surface area contributed by atoms with Crippen LogP contribution in [0.5, 0.6) is 0 Å². The Labute approximate surface area is 124 Å². The Bertz CT molecular complexity index is 481. The van der Waals surface area contributed by atoms with E-state index in [4.69, 9.17) is 5.11 Å². The lowest BCUT2D eigenvalue weighted by atomic mass is 9.86. The van der Waals surface area contributed by atoms with Gasteiger partial charge in [0.2, 0.25) is 0 Å². The fourth-order valence-corrected chi connectivity index (χ4v) is 3.88. The molecule has 0 amide bonds. The predicted octanol–water partition coefficient (Wildman–Crippen LogP) is 3.86. The van der Waals surface area contributed by atoms with Crippen LogP contribution in [0.25, 0.3) is 6.08 Å². The molecule has 2 unspecified atom stereocenters. The molecule has 1 fully saturated rings. The lowest BCUT2D eigenvalue weighted by Gasteiger charge is -2.33. The van der Waals surface area contributed by atoms with Crippen molar-refractivity contribution in [1.82, 2.24) is 4.90 Å². The van der Waals surface area contributed by atoms with E-state index in [2.05, 4.69) is 24.9 Å². The normalized spacial score (nSPS) is 23.6. The van der Waals surface area contributed by atoms with Crippen LogP contribution in [0, 0.1) is 5.92 Å². The number of carboxylic acid groups (broad SMARTS) is 1. The van der Waals surface area contributed by atoms with Crippen LogP contribution in [-0.2, 0) is 11.3 Å². The lowest BCUT2D eigenvalue weighted by molar-refractivity contribution is -0.131. The molecule has 1 aliphatic carbocycles. The SMILES string of the molecule is CC1CCCC(N(C)Cc2ccc(C=CC(=O)O)s2)C1. The van der Waals surface area contributed by atoms with Gasteiger partial charge in [-0.05, 0) is 44.0 Å². The van der Waals surface area contributed by atoms with Crippen molar-refractivity contribution in [3.63, 3.8) is 0 Å². The number of hydrogen-bond donors (Lipinski definition) is 1. The maximum Gasteiger partial charge on any atom is 0.328 e. The van der Waals surface area contributed by atoms with Crippen molar-refractivity contribution in [2.45, 2.75) is 45.2 Å². The number of rotatable bonds is 5. The average Bonchev–Trinajstić information content (AvgIpc) is 2.84. The summed E-state index contributed by atoms with van der Waals surface area (Å²) in [5.41, 5.74) is 0. The standard InChI is InChI=1S/C16H23NO2S/c1-12-4-3-5-13(10-12)17(2)11-15-7-6-14(20-15)8-9-16(18)19/h6-9,12-13H,3-5,10-11H2,1-2H3,(H,18,19). The highest BCUT2D eigenvalue weighted by Crippen LogP contribution is 2.28. The van der Waals surface area contributed by atoms with E-state index in [-0.39, 0.29) is 0 Å². The van der Waals surface area contributed by atoms with Gasteiger partial charge in [-0.1, -0.05) is 19.8 Å². The molecule has 1 N–H and O–H groups in total. The van der Waals surface area contributed by atoms with Gasteiger partial charge in [0.05, 0.1) is 0 Å². The maximum atomic E-state index is 10.5. The Morgan fingerprint density at radius 3 is 3.00 bits per heavy atom. The third-order valence-corrected chi connectivity index (χ3v) is 5.05. The molecule has 2 atom stereocenters. The molecule has 3 nitrogen and oxygen atoms in total. The quantitative estimate of drug-likeness (QED) is 0.838. The largest absolute Gasteiger partial charge is 0.478 e. The molecule has 0 aliphatic heterocycles. The molecule has 1 aromatic heterocycles. The first-order chi connectivity index (χ1) is 9.54. The van der Waals surface area contributed by atoms with Crippen LogP contribution in [0.1, 0.15) is 42.4 Å². The van der Waals surface area contributed by atoms with Crippen molar-refractivity contribution in [3.05, 3.63) is 28.0 Å². The summed E-state index contributed by atoms with van der Waals surface area (Å²) in [7, 11) is 2.20. The molecular formula is C16H23NO2S. The fraction of sp³-hybridized carbons (Fsp3) is 0.562. The first-order valence-electron chi connectivity index (χ1n) is 7.24. The van der Waals surface area contributed by atoms with Crippen LogP contribution in [0.4, 0.5) is 0 Å². The summed E-state index contributed by atoms with van der Waals surface area (Å²) >= 11 is 1.68. The Morgan fingerprint density at radius 1 is 1.50 bits per heavy atom. The molecule has 0 aromatic carbocycles. The zero-order valence-corrected chi connectivity index (χ0v) is 13.0. The zero-order valence-electron chi connectivity index (χ0n) is 12.2. The topological polar surface area (TPSA) is 40.5 Å². The lowest BCUT2D eigenvalue weighted by Crippen LogP contribution is -2.34. The molecule has 0 radical (unpaired) electrons. The highest BCUT2D eigenvalue weighted by molar-refractivity contribution is 7.12. The first kappa shape index (κ1) is 15.3. The van der Waals surface area contributed by atoms with Gasteiger partial charge in [-0.15, -0.1) is 11.3 Å². The van der Waals surface area contributed by atoms with E-state index in [1.54, 1.807) is 17.4 Å². The minimum atomic E-state index is -0.895. The number of carbonyl (C=O) groups is 1. The van der Waals surface area contributed by atoms with E-state index in [0.717, 1.165) is 17.3 Å². The molecule has 1 aliphatic rings. The van der Waals surface area contributed by atoms with Crippen molar-refractivity contribution >= 4 is 23.4 Å². The van der Waals surface area contributed by atoms with Crippen LogP contribution < -0.4 is 0 Å². The summed E-state index contributed by atoms with van der Waals surface area (Å²) in [6.45, 7) is 3.31. The molecule has 0 saturated heterocycles. The monoisotopic (exact) mass is 293 g/mol. The number of thiophene rings is 1.